The number of aromatic nitrogens is 1. The van der Waals surface area contributed by atoms with Gasteiger partial charge in [-0.25, -0.2) is 0 Å². The summed E-state index contributed by atoms with van der Waals surface area (Å²) in [5.74, 6) is -0.688. The molecular weight excluding hydrogens is 360 g/mol. The van der Waals surface area contributed by atoms with Crippen LogP contribution in [0.3, 0.4) is 0 Å². The van der Waals surface area contributed by atoms with Gasteiger partial charge in [-0.3, -0.25) is 19.3 Å². The number of thioether (sulfide) groups is 1. The van der Waals surface area contributed by atoms with Crippen LogP contribution in [-0.4, -0.2) is 32.9 Å². The van der Waals surface area contributed by atoms with Gasteiger partial charge in [0.05, 0.1) is 11.4 Å². The molecule has 5 nitrogen and oxygen atoms in total. The number of hydrogen-bond acceptors (Lipinski definition) is 4. The van der Waals surface area contributed by atoms with Gasteiger partial charge < -0.3 is 4.57 Å². The third-order valence-electron chi connectivity index (χ3n) is 4.49. The molecule has 1 saturated heterocycles. The van der Waals surface area contributed by atoms with E-state index in [1.165, 1.54) is 0 Å². The number of hydrogen-bond donors (Lipinski definition) is 0. The van der Waals surface area contributed by atoms with Gasteiger partial charge in [0.2, 0.25) is 0 Å². The van der Waals surface area contributed by atoms with Crippen LogP contribution >= 0.6 is 11.8 Å². The van der Waals surface area contributed by atoms with Crippen molar-refractivity contribution >= 4 is 45.7 Å². The van der Waals surface area contributed by atoms with E-state index in [9.17, 15) is 14.4 Å². The van der Waals surface area contributed by atoms with Crippen molar-refractivity contribution < 1.29 is 14.4 Å². The van der Waals surface area contributed by atoms with E-state index in [0.29, 0.717) is 10.5 Å². The number of carbonyl (C=O) groups excluding carboxylic acids is 3. The quantitative estimate of drug-likeness (QED) is 0.508. The first-order chi connectivity index (χ1) is 13.0. The highest BCUT2D eigenvalue weighted by Gasteiger charge is 2.36. The molecule has 1 aliphatic rings. The number of imide groups is 1. The van der Waals surface area contributed by atoms with Gasteiger partial charge in [-0.1, -0.05) is 48.5 Å². The molecule has 0 spiro atoms. The molecule has 6 heteroatoms. The van der Waals surface area contributed by atoms with Crippen molar-refractivity contribution in [2.75, 3.05) is 6.54 Å². The Kier molecular flexibility index (Phi) is 4.41. The van der Waals surface area contributed by atoms with Gasteiger partial charge in [0, 0.05) is 35.3 Å². The summed E-state index contributed by atoms with van der Waals surface area (Å²) in [5.41, 5.74) is 2.39. The molecule has 0 bridgehead atoms. The standard InChI is InChI=1S/C21H16N2O3S/c1-22-12-15(16-9-5-6-10-17(16)22)11-19-20(25)23(21(26)27-19)13-18(24)14-7-3-2-4-8-14/h2-12H,13H2,1H3/b19-11+. The molecule has 1 fully saturated rings. The van der Waals surface area contributed by atoms with Crippen LogP contribution in [0.15, 0.2) is 65.7 Å². The van der Waals surface area contributed by atoms with E-state index in [1.54, 1.807) is 30.3 Å². The minimum Gasteiger partial charge on any atom is -0.350 e. The van der Waals surface area contributed by atoms with Crippen LogP contribution in [0.2, 0.25) is 0 Å². The van der Waals surface area contributed by atoms with E-state index in [-0.39, 0.29) is 12.3 Å². The Morgan fingerprint density at radius 3 is 2.52 bits per heavy atom. The lowest BCUT2D eigenvalue weighted by molar-refractivity contribution is -0.122. The normalized spacial score (nSPS) is 15.9. The fraction of sp³-hybridized carbons (Fsp3) is 0.0952. The van der Waals surface area contributed by atoms with Crippen LogP contribution in [0.1, 0.15) is 15.9 Å². The SMILES string of the molecule is Cn1cc(/C=C2/SC(=O)N(CC(=O)c3ccccc3)C2=O)c2ccccc21. The van der Waals surface area contributed by atoms with Crippen molar-refractivity contribution in [3.8, 4) is 0 Å². The number of fused-ring (bicyclic) bond motifs is 1. The lowest BCUT2D eigenvalue weighted by Crippen LogP contribution is -2.33. The molecule has 2 aromatic carbocycles. The first kappa shape index (κ1) is 17.3. The molecule has 1 aliphatic heterocycles. The van der Waals surface area contributed by atoms with Crippen molar-refractivity contribution in [3.63, 3.8) is 0 Å². The summed E-state index contributed by atoms with van der Waals surface area (Å²) in [5, 5.41) is 0.586. The molecule has 1 aromatic heterocycles. The van der Waals surface area contributed by atoms with E-state index in [1.807, 2.05) is 48.1 Å². The molecule has 0 aliphatic carbocycles. The second-order valence-electron chi connectivity index (χ2n) is 6.27. The molecule has 4 rings (SSSR count). The van der Waals surface area contributed by atoms with Gasteiger partial charge in [-0.2, -0.15) is 0 Å². The predicted octanol–water partition coefficient (Wildman–Crippen LogP) is 4.10. The Labute approximate surface area is 160 Å². The molecule has 0 N–H and O–H groups in total. The van der Waals surface area contributed by atoms with Crippen LogP contribution in [0.5, 0.6) is 0 Å². The Hall–Kier alpha value is -3.12. The first-order valence-electron chi connectivity index (χ1n) is 8.42. The zero-order valence-electron chi connectivity index (χ0n) is 14.6. The topological polar surface area (TPSA) is 59.4 Å². The van der Waals surface area contributed by atoms with Crippen molar-refractivity contribution in [3.05, 3.63) is 76.8 Å². The van der Waals surface area contributed by atoms with Crippen molar-refractivity contribution in [1.82, 2.24) is 9.47 Å². The van der Waals surface area contributed by atoms with E-state index < -0.39 is 11.1 Å². The number of ketones is 1. The molecule has 3 aromatic rings. The molecule has 0 saturated carbocycles. The van der Waals surface area contributed by atoms with Gasteiger partial charge in [0.25, 0.3) is 11.1 Å². The van der Waals surface area contributed by atoms with E-state index in [4.69, 9.17) is 0 Å². The fourth-order valence-electron chi connectivity index (χ4n) is 3.12. The number of benzene rings is 2. The minimum atomic E-state index is -0.429. The zero-order chi connectivity index (χ0) is 19.0. The monoisotopic (exact) mass is 376 g/mol. The maximum atomic E-state index is 12.7. The Morgan fingerprint density at radius 1 is 1.04 bits per heavy atom. The van der Waals surface area contributed by atoms with Crippen molar-refractivity contribution in [2.45, 2.75) is 0 Å². The highest BCUT2D eigenvalue weighted by atomic mass is 32.2. The van der Waals surface area contributed by atoms with Gasteiger partial charge in [0.1, 0.15) is 0 Å². The average Bonchev–Trinajstić information content (AvgIpc) is 3.14. The van der Waals surface area contributed by atoms with Gasteiger partial charge in [0.15, 0.2) is 5.78 Å². The van der Waals surface area contributed by atoms with Gasteiger partial charge in [-0.05, 0) is 23.9 Å². The van der Waals surface area contributed by atoms with Crippen LogP contribution in [0.25, 0.3) is 17.0 Å². The molecule has 0 unspecified atom stereocenters. The average molecular weight is 376 g/mol. The largest absolute Gasteiger partial charge is 0.350 e. The third-order valence-corrected chi connectivity index (χ3v) is 5.39. The summed E-state index contributed by atoms with van der Waals surface area (Å²) in [4.78, 5) is 38.7. The lowest BCUT2D eigenvalue weighted by Gasteiger charge is -2.11. The second-order valence-corrected chi connectivity index (χ2v) is 7.26. The fourth-order valence-corrected chi connectivity index (χ4v) is 3.95. The number of amides is 2. The molecule has 27 heavy (non-hydrogen) atoms. The Morgan fingerprint density at radius 2 is 1.74 bits per heavy atom. The second kappa shape index (κ2) is 6.89. The summed E-state index contributed by atoms with van der Waals surface area (Å²) in [6.07, 6.45) is 3.65. The Balaban J connectivity index is 1.61. The maximum Gasteiger partial charge on any atom is 0.293 e. The molecular formula is C21H16N2O3S. The van der Waals surface area contributed by atoms with Crippen LogP contribution < -0.4 is 0 Å². The molecule has 2 amide bonds. The zero-order valence-corrected chi connectivity index (χ0v) is 15.4. The highest BCUT2D eigenvalue weighted by Crippen LogP contribution is 2.34. The number of Topliss-reactive ketones (excluding diaryl/α,β-unsaturated/α-hetero) is 1. The smallest absolute Gasteiger partial charge is 0.293 e. The van der Waals surface area contributed by atoms with Gasteiger partial charge in [-0.15, -0.1) is 0 Å². The minimum absolute atomic E-state index is 0.248. The summed E-state index contributed by atoms with van der Waals surface area (Å²) in [6, 6.07) is 16.5. The summed E-state index contributed by atoms with van der Waals surface area (Å²) in [6.45, 7) is -0.248. The Bertz CT molecular complexity index is 1100. The van der Waals surface area contributed by atoms with E-state index in [2.05, 4.69) is 0 Å². The van der Waals surface area contributed by atoms with Crippen LogP contribution in [-0.2, 0) is 11.8 Å². The van der Waals surface area contributed by atoms with Crippen molar-refractivity contribution in [2.24, 2.45) is 7.05 Å². The number of carbonyl (C=O) groups is 3. The van der Waals surface area contributed by atoms with Crippen LogP contribution in [0, 0.1) is 0 Å². The van der Waals surface area contributed by atoms with E-state index >= 15 is 0 Å². The van der Waals surface area contributed by atoms with Crippen molar-refractivity contribution in [1.29, 1.82) is 0 Å². The number of para-hydroxylation sites is 1. The first-order valence-corrected chi connectivity index (χ1v) is 9.24. The summed E-state index contributed by atoms with van der Waals surface area (Å²) < 4.78 is 1.98. The number of nitrogens with zero attached hydrogens (tertiary/aromatic N) is 2. The molecule has 0 atom stereocenters. The van der Waals surface area contributed by atoms with Crippen LogP contribution in [0.4, 0.5) is 4.79 Å². The maximum absolute atomic E-state index is 12.7. The predicted molar refractivity (Wildman–Crippen MR) is 106 cm³/mol. The highest BCUT2D eigenvalue weighted by molar-refractivity contribution is 8.18. The summed E-state index contributed by atoms with van der Waals surface area (Å²) >= 11 is 0.869. The third kappa shape index (κ3) is 3.19. The summed E-state index contributed by atoms with van der Waals surface area (Å²) in [7, 11) is 1.93. The molecule has 0 radical (unpaired) electrons. The number of aryl methyl sites for hydroxylation is 1. The van der Waals surface area contributed by atoms with E-state index in [0.717, 1.165) is 33.1 Å². The molecule has 2 heterocycles. The molecule has 134 valence electrons. The lowest BCUT2D eigenvalue weighted by atomic mass is 10.1. The number of rotatable bonds is 4. The van der Waals surface area contributed by atoms with Gasteiger partial charge >= 0.3 is 0 Å².